The lowest BCUT2D eigenvalue weighted by Gasteiger charge is -2.12. The summed E-state index contributed by atoms with van der Waals surface area (Å²) >= 11 is 1.57. The Kier molecular flexibility index (Phi) is 4.84. The molecule has 0 atom stereocenters. The van der Waals surface area contributed by atoms with Crippen LogP contribution in [-0.2, 0) is 0 Å². The first-order chi connectivity index (χ1) is 13.9. The molecule has 29 heavy (non-hydrogen) atoms. The van der Waals surface area contributed by atoms with Gasteiger partial charge >= 0.3 is 0 Å². The predicted molar refractivity (Wildman–Crippen MR) is 117 cm³/mol. The minimum Gasteiger partial charge on any atom is -0.497 e. The summed E-state index contributed by atoms with van der Waals surface area (Å²) in [6.07, 6.45) is 0. The molecule has 1 N–H and O–H groups in total. The van der Waals surface area contributed by atoms with E-state index in [0.717, 1.165) is 43.6 Å². The van der Waals surface area contributed by atoms with Gasteiger partial charge in [-0.2, -0.15) is 5.10 Å². The number of carbonyl (C=O) groups excluding carboxylic acids is 1. The molecule has 2 aromatic heterocycles. The molecule has 2 heterocycles. The van der Waals surface area contributed by atoms with Crippen LogP contribution in [-0.4, -0.2) is 27.8 Å². The molecule has 0 saturated carbocycles. The highest BCUT2D eigenvalue weighted by Crippen LogP contribution is 2.35. The zero-order valence-corrected chi connectivity index (χ0v) is 17.8. The maximum Gasteiger partial charge on any atom is 0.255 e. The molecule has 0 spiro atoms. The maximum absolute atomic E-state index is 12.8. The second-order valence-electron chi connectivity index (χ2n) is 7.06. The third-order valence-electron chi connectivity index (χ3n) is 4.87. The Hall–Kier alpha value is -3.19. The SMILES string of the molecule is COc1cccc(C(=O)Nc2c(C)cc3nc(-n4nc(C)cc4C)sc3c2C)c1. The van der Waals surface area contributed by atoms with E-state index in [1.54, 1.807) is 36.6 Å². The van der Waals surface area contributed by atoms with Gasteiger partial charge in [0.2, 0.25) is 5.13 Å². The number of rotatable bonds is 4. The lowest BCUT2D eigenvalue weighted by Crippen LogP contribution is -2.14. The Morgan fingerprint density at radius 1 is 1.14 bits per heavy atom. The van der Waals surface area contributed by atoms with Gasteiger partial charge in [0.1, 0.15) is 5.75 Å². The number of hydrogen-bond acceptors (Lipinski definition) is 5. The lowest BCUT2D eigenvalue weighted by atomic mass is 10.1. The fourth-order valence-electron chi connectivity index (χ4n) is 3.43. The van der Waals surface area contributed by atoms with E-state index in [2.05, 4.69) is 10.4 Å². The number of methoxy groups -OCH3 is 1. The number of benzene rings is 2. The third-order valence-corrected chi connectivity index (χ3v) is 6.03. The molecule has 6 nitrogen and oxygen atoms in total. The molecule has 0 fully saturated rings. The van der Waals surface area contributed by atoms with Crippen molar-refractivity contribution in [1.29, 1.82) is 0 Å². The first-order valence-corrected chi connectivity index (χ1v) is 10.1. The highest BCUT2D eigenvalue weighted by atomic mass is 32.1. The summed E-state index contributed by atoms with van der Waals surface area (Å²) in [6, 6.07) is 11.2. The lowest BCUT2D eigenvalue weighted by molar-refractivity contribution is 0.102. The van der Waals surface area contributed by atoms with Crippen LogP contribution < -0.4 is 10.1 Å². The molecule has 7 heteroatoms. The number of thiazole rings is 1. The van der Waals surface area contributed by atoms with Crippen LogP contribution in [0.2, 0.25) is 0 Å². The van der Waals surface area contributed by atoms with E-state index in [1.807, 2.05) is 50.6 Å². The van der Waals surface area contributed by atoms with Crippen molar-refractivity contribution >= 4 is 33.1 Å². The van der Waals surface area contributed by atoms with Crippen LogP contribution in [0.25, 0.3) is 15.3 Å². The topological polar surface area (TPSA) is 69.0 Å². The monoisotopic (exact) mass is 406 g/mol. The molecule has 0 radical (unpaired) electrons. The van der Waals surface area contributed by atoms with Crippen LogP contribution in [0.15, 0.2) is 36.4 Å². The Bertz CT molecular complexity index is 1240. The Morgan fingerprint density at radius 3 is 2.62 bits per heavy atom. The molecule has 0 unspecified atom stereocenters. The van der Waals surface area contributed by atoms with Crippen molar-refractivity contribution < 1.29 is 9.53 Å². The highest BCUT2D eigenvalue weighted by Gasteiger charge is 2.17. The molecule has 1 amide bonds. The van der Waals surface area contributed by atoms with E-state index >= 15 is 0 Å². The Balaban J connectivity index is 1.73. The molecular weight excluding hydrogens is 384 g/mol. The average Bonchev–Trinajstić information content (AvgIpc) is 3.27. The Morgan fingerprint density at radius 2 is 1.93 bits per heavy atom. The first-order valence-electron chi connectivity index (χ1n) is 9.27. The minimum absolute atomic E-state index is 0.169. The van der Waals surface area contributed by atoms with Crippen molar-refractivity contribution in [1.82, 2.24) is 14.8 Å². The largest absolute Gasteiger partial charge is 0.497 e. The highest BCUT2D eigenvalue weighted by molar-refractivity contribution is 7.21. The number of fused-ring (bicyclic) bond motifs is 1. The van der Waals surface area contributed by atoms with E-state index in [9.17, 15) is 4.79 Å². The van der Waals surface area contributed by atoms with Crippen LogP contribution in [0, 0.1) is 27.7 Å². The number of amides is 1. The van der Waals surface area contributed by atoms with Gasteiger partial charge in [0, 0.05) is 16.9 Å². The summed E-state index contributed by atoms with van der Waals surface area (Å²) < 4.78 is 8.13. The molecule has 148 valence electrons. The van der Waals surface area contributed by atoms with Crippen LogP contribution in [0.4, 0.5) is 5.69 Å². The van der Waals surface area contributed by atoms with Gasteiger partial charge in [0.15, 0.2) is 0 Å². The second kappa shape index (κ2) is 7.33. The summed E-state index contributed by atoms with van der Waals surface area (Å²) in [5, 5.41) is 8.43. The van der Waals surface area contributed by atoms with Crippen molar-refractivity contribution in [3.63, 3.8) is 0 Å². The number of ether oxygens (including phenoxy) is 1. The normalized spacial score (nSPS) is 11.1. The average molecular weight is 407 g/mol. The number of aryl methyl sites for hydroxylation is 4. The molecule has 4 rings (SSSR count). The van der Waals surface area contributed by atoms with Gasteiger partial charge in [-0.05, 0) is 69.2 Å². The van der Waals surface area contributed by atoms with Crippen LogP contribution in [0.5, 0.6) is 5.75 Å². The van der Waals surface area contributed by atoms with E-state index in [-0.39, 0.29) is 5.91 Å². The fourth-order valence-corrected chi connectivity index (χ4v) is 4.49. The quantitative estimate of drug-likeness (QED) is 0.519. The first kappa shape index (κ1) is 19.1. The van der Waals surface area contributed by atoms with Gasteiger partial charge in [-0.15, -0.1) is 0 Å². The summed E-state index contributed by atoms with van der Waals surface area (Å²) in [5.74, 6) is 0.483. The van der Waals surface area contributed by atoms with Gasteiger partial charge in [0.05, 0.1) is 23.0 Å². The van der Waals surface area contributed by atoms with E-state index in [1.165, 1.54) is 0 Å². The van der Waals surface area contributed by atoms with Crippen molar-refractivity contribution in [2.75, 3.05) is 12.4 Å². The molecule has 0 aliphatic carbocycles. The predicted octanol–water partition coefficient (Wildman–Crippen LogP) is 4.98. The Labute approximate surface area is 173 Å². The van der Waals surface area contributed by atoms with Crippen molar-refractivity contribution in [3.8, 4) is 10.9 Å². The molecule has 0 aliphatic heterocycles. The van der Waals surface area contributed by atoms with Gasteiger partial charge in [-0.25, -0.2) is 9.67 Å². The number of nitrogens with one attached hydrogen (secondary N) is 1. The molecular formula is C22H22N4O2S. The maximum atomic E-state index is 12.8. The smallest absolute Gasteiger partial charge is 0.255 e. The summed E-state index contributed by atoms with van der Waals surface area (Å²) in [4.78, 5) is 17.6. The minimum atomic E-state index is -0.169. The molecule has 2 aromatic carbocycles. The van der Waals surface area contributed by atoms with Gasteiger partial charge in [-0.1, -0.05) is 17.4 Å². The van der Waals surface area contributed by atoms with Crippen molar-refractivity contribution in [2.45, 2.75) is 27.7 Å². The van der Waals surface area contributed by atoms with E-state index in [4.69, 9.17) is 9.72 Å². The number of carbonyl (C=O) groups is 1. The molecule has 4 aromatic rings. The van der Waals surface area contributed by atoms with Gasteiger partial charge in [0.25, 0.3) is 5.91 Å². The summed E-state index contributed by atoms with van der Waals surface area (Å²) in [7, 11) is 1.59. The third kappa shape index (κ3) is 3.49. The molecule has 0 saturated heterocycles. The number of aromatic nitrogens is 3. The summed E-state index contributed by atoms with van der Waals surface area (Å²) in [5.41, 5.74) is 6.25. The van der Waals surface area contributed by atoms with E-state index < -0.39 is 0 Å². The van der Waals surface area contributed by atoms with Crippen LogP contribution in [0.1, 0.15) is 32.9 Å². The van der Waals surface area contributed by atoms with Gasteiger partial charge in [-0.3, -0.25) is 4.79 Å². The zero-order chi connectivity index (χ0) is 20.7. The van der Waals surface area contributed by atoms with Gasteiger partial charge < -0.3 is 10.1 Å². The van der Waals surface area contributed by atoms with Crippen molar-refractivity contribution in [3.05, 3.63) is 64.5 Å². The summed E-state index contributed by atoms with van der Waals surface area (Å²) in [6.45, 7) is 7.98. The van der Waals surface area contributed by atoms with Crippen LogP contribution >= 0.6 is 11.3 Å². The van der Waals surface area contributed by atoms with Crippen LogP contribution in [0.3, 0.4) is 0 Å². The second-order valence-corrected chi connectivity index (χ2v) is 8.04. The fraction of sp³-hybridized carbons (Fsp3) is 0.227. The number of nitrogens with zero attached hydrogens (tertiary/aromatic N) is 3. The molecule has 0 bridgehead atoms. The number of hydrogen-bond donors (Lipinski definition) is 1. The molecule has 0 aliphatic rings. The standard InChI is InChI=1S/C22H22N4O2S/c1-12-9-18-20(29-22(23-18)26-14(3)10-13(2)25-26)15(4)19(12)24-21(27)16-7-6-8-17(11-16)28-5/h6-11H,1-5H3,(H,24,27). The van der Waals surface area contributed by atoms with Crippen molar-refractivity contribution in [2.24, 2.45) is 0 Å². The zero-order valence-electron chi connectivity index (χ0n) is 17.0. The number of anilines is 1. The van der Waals surface area contributed by atoms with E-state index in [0.29, 0.717) is 11.3 Å².